The van der Waals surface area contributed by atoms with Crippen LogP contribution in [0.3, 0.4) is 0 Å². The monoisotopic (exact) mass is 507 g/mol. The topological polar surface area (TPSA) is 69.5 Å². The lowest BCUT2D eigenvalue weighted by Gasteiger charge is -2.36. The fourth-order valence-corrected chi connectivity index (χ4v) is 4.23. The van der Waals surface area contributed by atoms with Gasteiger partial charge in [0.1, 0.15) is 5.82 Å². The second-order valence-electron chi connectivity index (χ2n) is 5.90. The van der Waals surface area contributed by atoms with Crippen molar-refractivity contribution in [2.75, 3.05) is 44.7 Å². The molecule has 1 fully saturated rings. The highest BCUT2D eigenvalue weighted by molar-refractivity contribution is 14.0. The van der Waals surface area contributed by atoms with E-state index in [9.17, 15) is 0 Å². The quantitative estimate of drug-likeness (QED) is 0.381. The Kier molecular flexibility index (Phi) is 8.48. The number of thiazole rings is 1. The Morgan fingerprint density at radius 3 is 2.62 bits per heavy atom. The Morgan fingerprint density at radius 1 is 1.27 bits per heavy atom. The van der Waals surface area contributed by atoms with Gasteiger partial charge in [0.05, 0.1) is 10.7 Å². The molecule has 2 aromatic rings. The van der Waals surface area contributed by atoms with Crippen LogP contribution in [0.25, 0.3) is 0 Å². The van der Waals surface area contributed by atoms with Crippen LogP contribution in [-0.4, -0.2) is 65.0 Å². The Balaban J connectivity index is 0.00000243. The lowest BCUT2D eigenvalue weighted by atomic mass is 10.3. The Hall–Kier alpha value is -1.01. The number of aliphatic imine (C=N–C) groups is 1. The van der Waals surface area contributed by atoms with Gasteiger partial charge in [-0.3, -0.25) is 4.99 Å². The van der Waals surface area contributed by atoms with Gasteiger partial charge in [0.2, 0.25) is 5.13 Å². The van der Waals surface area contributed by atoms with E-state index in [0.29, 0.717) is 0 Å². The van der Waals surface area contributed by atoms with E-state index in [0.717, 1.165) is 73.2 Å². The number of piperazine rings is 1. The number of halogens is 1. The molecule has 1 aliphatic heterocycles. The second kappa shape index (κ2) is 10.4. The van der Waals surface area contributed by atoms with Gasteiger partial charge < -0.3 is 15.1 Å². The minimum Gasteiger partial charge on any atom is -0.356 e. The van der Waals surface area contributed by atoms with E-state index in [4.69, 9.17) is 0 Å². The van der Waals surface area contributed by atoms with Gasteiger partial charge in [-0.2, -0.15) is 4.37 Å². The fraction of sp³-hybridized carbons (Fsp3) is 0.625. The number of anilines is 1. The third kappa shape index (κ3) is 5.49. The fourth-order valence-electron chi connectivity index (χ4n) is 2.78. The van der Waals surface area contributed by atoms with Crippen molar-refractivity contribution in [3.05, 3.63) is 21.9 Å². The van der Waals surface area contributed by atoms with Gasteiger partial charge in [0, 0.05) is 69.5 Å². The molecule has 7 nitrogen and oxygen atoms in total. The summed E-state index contributed by atoms with van der Waals surface area (Å²) in [5, 5.41) is 7.76. The van der Waals surface area contributed by atoms with Gasteiger partial charge in [0.15, 0.2) is 5.96 Å². The van der Waals surface area contributed by atoms with E-state index < -0.39 is 0 Å². The summed E-state index contributed by atoms with van der Waals surface area (Å²) in [5.41, 5.74) is 1.15. The molecule has 0 bridgehead atoms. The van der Waals surface area contributed by atoms with Crippen LogP contribution in [0.4, 0.5) is 5.13 Å². The molecule has 0 spiro atoms. The average Bonchev–Trinajstić information content (AvgIpc) is 3.28. The lowest BCUT2D eigenvalue weighted by Crippen LogP contribution is -2.52. The molecule has 10 heteroatoms. The predicted molar refractivity (Wildman–Crippen MR) is 120 cm³/mol. The van der Waals surface area contributed by atoms with Gasteiger partial charge in [0.25, 0.3) is 0 Å². The molecule has 1 saturated heterocycles. The van der Waals surface area contributed by atoms with E-state index in [1.54, 1.807) is 11.3 Å². The molecule has 26 heavy (non-hydrogen) atoms. The van der Waals surface area contributed by atoms with Gasteiger partial charge in [-0.05, 0) is 6.92 Å². The maximum atomic E-state index is 4.59. The van der Waals surface area contributed by atoms with Crippen molar-refractivity contribution in [1.82, 2.24) is 24.6 Å². The van der Waals surface area contributed by atoms with Crippen molar-refractivity contribution >= 4 is 57.9 Å². The first-order valence-electron chi connectivity index (χ1n) is 8.63. The Bertz CT molecular complexity index is 707. The normalized spacial score (nSPS) is 15.1. The summed E-state index contributed by atoms with van der Waals surface area (Å²) in [7, 11) is 1.85. The standard InChI is InChI=1S/C16H25N7S2.HI/c1-4-14-20-16(25-21-14)23-9-7-22(8-10-23)15(17-3)18-6-5-13-11-24-12(2)19-13;/h11H,4-10H2,1-3H3,(H,17,18);1H. The van der Waals surface area contributed by atoms with E-state index in [-0.39, 0.29) is 24.0 Å². The van der Waals surface area contributed by atoms with Crippen LogP contribution in [0.2, 0.25) is 0 Å². The molecule has 2 aromatic heterocycles. The lowest BCUT2D eigenvalue weighted by molar-refractivity contribution is 0.372. The summed E-state index contributed by atoms with van der Waals surface area (Å²) in [6.07, 6.45) is 1.82. The third-order valence-corrected chi connectivity index (χ3v) is 5.80. The summed E-state index contributed by atoms with van der Waals surface area (Å²) in [6, 6.07) is 0. The van der Waals surface area contributed by atoms with Gasteiger partial charge >= 0.3 is 0 Å². The number of guanidine groups is 1. The van der Waals surface area contributed by atoms with Crippen molar-refractivity contribution in [2.45, 2.75) is 26.7 Å². The summed E-state index contributed by atoms with van der Waals surface area (Å²) >= 11 is 3.21. The summed E-state index contributed by atoms with van der Waals surface area (Å²) in [4.78, 5) is 18.2. The number of rotatable bonds is 5. The highest BCUT2D eigenvalue weighted by atomic mass is 127. The second-order valence-corrected chi connectivity index (χ2v) is 7.70. The summed E-state index contributed by atoms with van der Waals surface area (Å²) in [6.45, 7) is 8.77. The molecule has 3 heterocycles. The van der Waals surface area contributed by atoms with E-state index >= 15 is 0 Å². The Labute approximate surface area is 180 Å². The number of aryl methyl sites for hydroxylation is 2. The molecule has 144 valence electrons. The number of hydrogen-bond acceptors (Lipinski definition) is 7. The molecular formula is C16H26IN7S2. The van der Waals surface area contributed by atoms with Gasteiger partial charge in [-0.1, -0.05) is 6.92 Å². The smallest absolute Gasteiger partial charge is 0.205 e. The first kappa shape index (κ1) is 21.3. The zero-order chi connectivity index (χ0) is 17.6. The van der Waals surface area contributed by atoms with Crippen molar-refractivity contribution in [1.29, 1.82) is 0 Å². The first-order valence-corrected chi connectivity index (χ1v) is 10.3. The molecule has 1 aliphatic rings. The number of nitrogens with one attached hydrogen (secondary N) is 1. The first-order chi connectivity index (χ1) is 12.2. The highest BCUT2D eigenvalue weighted by Gasteiger charge is 2.21. The minimum absolute atomic E-state index is 0. The van der Waals surface area contributed by atoms with Crippen LogP contribution in [0.1, 0.15) is 23.4 Å². The maximum absolute atomic E-state index is 4.59. The Morgan fingerprint density at radius 2 is 2.04 bits per heavy atom. The number of nitrogens with zero attached hydrogens (tertiary/aromatic N) is 6. The molecule has 0 aliphatic carbocycles. The molecule has 0 atom stereocenters. The van der Waals surface area contributed by atoms with E-state index in [2.05, 4.69) is 46.8 Å². The van der Waals surface area contributed by atoms with Gasteiger partial charge in [-0.25, -0.2) is 9.97 Å². The molecule has 0 amide bonds. The van der Waals surface area contributed by atoms with Crippen molar-refractivity contribution in [3.8, 4) is 0 Å². The largest absolute Gasteiger partial charge is 0.356 e. The van der Waals surface area contributed by atoms with Crippen LogP contribution in [0.15, 0.2) is 10.4 Å². The number of hydrogen-bond donors (Lipinski definition) is 1. The van der Waals surface area contributed by atoms with Crippen LogP contribution < -0.4 is 10.2 Å². The average molecular weight is 507 g/mol. The predicted octanol–water partition coefficient (Wildman–Crippen LogP) is 2.42. The van der Waals surface area contributed by atoms with Crippen LogP contribution in [0, 0.1) is 6.92 Å². The van der Waals surface area contributed by atoms with Crippen molar-refractivity contribution in [2.24, 2.45) is 4.99 Å². The molecule has 0 saturated carbocycles. The summed E-state index contributed by atoms with van der Waals surface area (Å²) < 4.78 is 4.39. The van der Waals surface area contributed by atoms with E-state index in [1.807, 2.05) is 14.0 Å². The zero-order valence-corrected chi connectivity index (χ0v) is 19.4. The number of aromatic nitrogens is 3. The zero-order valence-electron chi connectivity index (χ0n) is 15.4. The molecule has 3 rings (SSSR count). The van der Waals surface area contributed by atoms with Crippen molar-refractivity contribution < 1.29 is 0 Å². The molecular weight excluding hydrogens is 481 g/mol. The molecule has 0 aromatic carbocycles. The van der Waals surface area contributed by atoms with E-state index in [1.165, 1.54) is 11.5 Å². The molecule has 0 radical (unpaired) electrons. The van der Waals surface area contributed by atoms with Gasteiger partial charge in [-0.15, -0.1) is 35.3 Å². The van der Waals surface area contributed by atoms with Crippen molar-refractivity contribution in [3.63, 3.8) is 0 Å². The highest BCUT2D eigenvalue weighted by Crippen LogP contribution is 2.19. The summed E-state index contributed by atoms with van der Waals surface area (Å²) in [5.74, 6) is 1.91. The molecule has 1 N–H and O–H groups in total. The van der Waals surface area contributed by atoms with Crippen LogP contribution in [0.5, 0.6) is 0 Å². The van der Waals surface area contributed by atoms with Crippen LogP contribution >= 0.6 is 46.8 Å². The third-order valence-electron chi connectivity index (χ3n) is 4.17. The van der Waals surface area contributed by atoms with Crippen LogP contribution in [-0.2, 0) is 12.8 Å². The molecule has 0 unspecified atom stereocenters. The SMILES string of the molecule is CCc1nsc(N2CCN(C(=NC)NCCc3csc(C)n3)CC2)n1.I. The minimum atomic E-state index is 0. The maximum Gasteiger partial charge on any atom is 0.205 e.